The fourth-order valence-corrected chi connectivity index (χ4v) is 5.16. The Bertz CT molecular complexity index is 332. The molecule has 0 aliphatic rings. The van der Waals surface area contributed by atoms with Crippen molar-refractivity contribution in [1.82, 2.24) is 0 Å². The summed E-state index contributed by atoms with van der Waals surface area (Å²) in [4.78, 5) is 0. The maximum Gasteiger partial charge on any atom is 0.345 e. The highest BCUT2D eigenvalue weighted by molar-refractivity contribution is 6.08. The van der Waals surface area contributed by atoms with Crippen molar-refractivity contribution in [1.29, 1.82) is 0 Å². The fraction of sp³-hybridized carbons (Fsp3) is 1.00. The van der Waals surface area contributed by atoms with Gasteiger partial charge in [-0.05, 0) is 18.9 Å². The highest BCUT2D eigenvalue weighted by Gasteiger charge is 2.53. The molecular formula is C22H50NO3Si+. The molecule has 0 aliphatic heterocycles. The highest BCUT2D eigenvalue weighted by atomic mass is 28.1. The van der Waals surface area contributed by atoms with E-state index in [0.717, 1.165) is 22.8 Å². The summed E-state index contributed by atoms with van der Waals surface area (Å²) in [5.41, 5.74) is 0. The van der Waals surface area contributed by atoms with Crippen LogP contribution in [0.15, 0.2) is 0 Å². The minimum absolute atomic E-state index is 0.0218. The summed E-state index contributed by atoms with van der Waals surface area (Å²) in [5.74, 6) is -0.714. The van der Waals surface area contributed by atoms with Gasteiger partial charge in [-0.1, -0.05) is 71.1 Å². The van der Waals surface area contributed by atoms with Crippen LogP contribution in [0.5, 0.6) is 0 Å². The number of likely N-dealkylation sites (N-methyl/N-ethyl adjacent to an activating group) is 1. The van der Waals surface area contributed by atoms with Crippen LogP contribution in [0.25, 0.3) is 0 Å². The Morgan fingerprint density at radius 3 is 1.48 bits per heavy atom. The molecule has 0 radical (unpaired) electrons. The number of rotatable bonds is 19. The van der Waals surface area contributed by atoms with Crippen molar-refractivity contribution in [2.75, 3.05) is 42.0 Å². The molecule has 1 unspecified atom stereocenters. The van der Waals surface area contributed by atoms with Crippen molar-refractivity contribution in [3.05, 3.63) is 0 Å². The van der Waals surface area contributed by atoms with E-state index in [1.807, 2.05) is 0 Å². The molecule has 0 bridgehead atoms. The molecule has 0 saturated heterocycles. The predicted molar refractivity (Wildman–Crippen MR) is 120 cm³/mol. The molecule has 4 nitrogen and oxygen atoms in total. The fourth-order valence-electron chi connectivity index (χ4n) is 4.31. The lowest BCUT2D eigenvalue weighted by Crippen LogP contribution is -2.68. The van der Waals surface area contributed by atoms with Crippen LogP contribution in [-0.4, -0.2) is 68.7 Å². The minimum atomic E-state index is -0.714. The zero-order chi connectivity index (χ0) is 20.6. The molecular weight excluding hydrogens is 354 g/mol. The smallest absolute Gasteiger partial charge is 0.345 e. The lowest BCUT2D eigenvalue weighted by Gasteiger charge is -2.48. The van der Waals surface area contributed by atoms with Crippen molar-refractivity contribution in [2.45, 2.75) is 102 Å². The average Bonchev–Trinajstić information content (AvgIpc) is 2.66. The van der Waals surface area contributed by atoms with Crippen LogP contribution in [0.1, 0.15) is 84.0 Å². The van der Waals surface area contributed by atoms with E-state index in [2.05, 4.69) is 21.0 Å². The van der Waals surface area contributed by atoms with Crippen molar-refractivity contribution in [2.24, 2.45) is 0 Å². The van der Waals surface area contributed by atoms with Gasteiger partial charge in [0.15, 0.2) is 6.10 Å². The largest absolute Gasteiger partial charge is 0.369 e. The van der Waals surface area contributed by atoms with Gasteiger partial charge in [0.1, 0.15) is 0 Å². The molecule has 0 amide bonds. The normalized spacial score (nSPS) is 14.0. The third kappa shape index (κ3) is 9.40. The van der Waals surface area contributed by atoms with E-state index >= 15 is 0 Å². The van der Waals surface area contributed by atoms with Crippen LogP contribution in [0.4, 0.5) is 0 Å². The monoisotopic (exact) mass is 404 g/mol. The Labute approximate surface area is 173 Å². The van der Waals surface area contributed by atoms with E-state index in [9.17, 15) is 0 Å². The van der Waals surface area contributed by atoms with Gasteiger partial charge in [0.05, 0.1) is 20.6 Å². The second-order valence-electron chi connectivity index (χ2n) is 8.47. The van der Waals surface area contributed by atoms with Crippen LogP contribution in [0, 0.1) is 0 Å². The van der Waals surface area contributed by atoms with E-state index in [0.29, 0.717) is 4.48 Å². The first kappa shape index (κ1) is 27.1. The molecule has 27 heavy (non-hydrogen) atoms. The van der Waals surface area contributed by atoms with E-state index in [4.69, 9.17) is 14.2 Å². The highest BCUT2D eigenvalue weighted by Crippen LogP contribution is 2.31. The van der Waals surface area contributed by atoms with E-state index < -0.39 is 5.91 Å². The Morgan fingerprint density at radius 2 is 1.15 bits per heavy atom. The lowest BCUT2D eigenvalue weighted by atomic mass is 10.0. The molecule has 0 N–H and O–H groups in total. The summed E-state index contributed by atoms with van der Waals surface area (Å²) in [6.45, 7) is 3.33. The first-order valence-corrected chi connectivity index (χ1v) is 12.8. The summed E-state index contributed by atoms with van der Waals surface area (Å²) in [7, 11) is 10.7. The number of ether oxygens (including phenoxy) is 3. The number of hydrogen-bond acceptors (Lipinski definition) is 3. The third-order valence-electron chi connectivity index (χ3n) is 6.06. The number of nitrogens with zero attached hydrogens (tertiary/aromatic N) is 1. The molecule has 164 valence electrons. The predicted octanol–water partition coefficient (Wildman–Crippen LogP) is 4.51. The van der Waals surface area contributed by atoms with E-state index in [-0.39, 0.29) is 6.10 Å². The van der Waals surface area contributed by atoms with Crippen molar-refractivity contribution >= 4 is 10.2 Å². The van der Waals surface area contributed by atoms with Crippen LogP contribution in [-0.2, 0) is 14.2 Å². The Morgan fingerprint density at radius 1 is 0.741 bits per heavy atom. The quantitative estimate of drug-likeness (QED) is 0.137. The molecule has 0 saturated carbocycles. The summed E-state index contributed by atoms with van der Waals surface area (Å²) in [6, 6.07) is 0.998. The molecule has 0 aromatic rings. The zero-order valence-corrected chi connectivity index (χ0v) is 21.6. The molecule has 0 rings (SSSR count). The summed E-state index contributed by atoms with van der Waals surface area (Å²) < 4.78 is 18.2. The van der Waals surface area contributed by atoms with Crippen molar-refractivity contribution in [3.8, 4) is 0 Å². The second-order valence-corrected chi connectivity index (χ2v) is 9.29. The van der Waals surface area contributed by atoms with Crippen LogP contribution in [0.3, 0.4) is 0 Å². The van der Waals surface area contributed by atoms with Gasteiger partial charge in [-0.15, -0.1) is 0 Å². The molecule has 5 heteroatoms. The SMILES string of the molecule is CCCCCCCCCCCCCC[N+](C)(C)C(OC)(OC)C(C[SiH3])OC. The van der Waals surface area contributed by atoms with Crippen LogP contribution < -0.4 is 0 Å². The first-order chi connectivity index (χ1) is 13.0. The standard InChI is InChI=1S/C22H50NO3Si/c1-7-8-9-10-11-12-13-14-15-16-17-18-19-23(2,3)22(25-5,26-6)21(20-27)24-4/h21H,7-20H2,1-6,27H3/q+1. The first-order valence-electron chi connectivity index (χ1n) is 11.4. The van der Waals surface area contributed by atoms with E-state index in [1.165, 1.54) is 77.0 Å². The van der Waals surface area contributed by atoms with Crippen LogP contribution in [0.2, 0.25) is 6.04 Å². The maximum absolute atomic E-state index is 5.90. The maximum atomic E-state index is 5.90. The topological polar surface area (TPSA) is 27.7 Å². The van der Waals surface area contributed by atoms with Gasteiger partial charge in [0, 0.05) is 31.6 Å². The third-order valence-corrected chi connectivity index (χ3v) is 6.80. The zero-order valence-electron chi connectivity index (χ0n) is 19.6. The van der Waals surface area contributed by atoms with Crippen LogP contribution >= 0.6 is 0 Å². The van der Waals surface area contributed by atoms with Gasteiger partial charge in [-0.25, -0.2) is 0 Å². The lowest BCUT2D eigenvalue weighted by molar-refractivity contribution is -0.999. The Hall–Kier alpha value is 0.0569. The Balaban J connectivity index is 4.03. The van der Waals surface area contributed by atoms with Gasteiger partial charge >= 0.3 is 5.91 Å². The second kappa shape index (κ2) is 15.9. The number of hydrogen-bond donors (Lipinski definition) is 0. The molecule has 0 aromatic heterocycles. The van der Waals surface area contributed by atoms with Gasteiger partial charge < -0.3 is 14.2 Å². The number of methoxy groups -OCH3 is 3. The van der Waals surface area contributed by atoms with Gasteiger partial charge in [-0.2, -0.15) is 0 Å². The molecule has 0 aliphatic carbocycles. The summed E-state index contributed by atoms with van der Waals surface area (Å²) in [6.07, 6.45) is 16.5. The molecule has 0 spiro atoms. The minimum Gasteiger partial charge on any atom is -0.369 e. The van der Waals surface area contributed by atoms with Gasteiger partial charge in [0.25, 0.3) is 0 Å². The molecule has 1 atom stereocenters. The number of unbranched alkanes of at least 4 members (excludes halogenated alkanes) is 11. The van der Waals surface area contributed by atoms with Gasteiger partial charge in [0.2, 0.25) is 0 Å². The number of quaternary nitrogens is 1. The molecule has 0 fully saturated rings. The Kier molecular flexibility index (Phi) is 16.0. The van der Waals surface area contributed by atoms with Crippen molar-refractivity contribution in [3.63, 3.8) is 0 Å². The molecule has 0 heterocycles. The average molecular weight is 405 g/mol. The van der Waals surface area contributed by atoms with E-state index in [1.54, 1.807) is 21.3 Å². The van der Waals surface area contributed by atoms with Crippen molar-refractivity contribution < 1.29 is 18.7 Å². The molecule has 0 aromatic carbocycles. The van der Waals surface area contributed by atoms with Gasteiger partial charge in [-0.3, -0.25) is 4.48 Å². The summed E-state index contributed by atoms with van der Waals surface area (Å²) in [5, 5.41) is 0. The summed E-state index contributed by atoms with van der Waals surface area (Å²) >= 11 is 0.